The van der Waals surface area contributed by atoms with Gasteiger partial charge in [0.05, 0.1) is 23.6 Å². The Balaban J connectivity index is 1.08. The molecule has 4 heteroatoms. The minimum atomic E-state index is -0.434. The number of nitrogens with zero attached hydrogens (tertiary/aromatic N) is 3. The highest BCUT2D eigenvalue weighted by Gasteiger charge is 2.45. The lowest BCUT2D eigenvalue weighted by Crippen LogP contribution is -2.61. The van der Waals surface area contributed by atoms with Crippen molar-refractivity contribution in [1.82, 2.24) is 4.57 Å². The van der Waals surface area contributed by atoms with Crippen LogP contribution in [0.1, 0.15) is 85.9 Å². The van der Waals surface area contributed by atoms with Crippen LogP contribution in [-0.4, -0.2) is 11.3 Å². The van der Waals surface area contributed by atoms with E-state index in [1.54, 1.807) is 0 Å². The largest absolute Gasteiger partial charge is 0.311 e. The lowest BCUT2D eigenvalue weighted by atomic mass is 9.33. The molecule has 0 spiro atoms. The second-order valence-corrected chi connectivity index (χ2v) is 30.2. The van der Waals surface area contributed by atoms with Crippen LogP contribution in [-0.2, 0) is 16.2 Å². The summed E-state index contributed by atoms with van der Waals surface area (Å²) in [5.41, 5.74) is 28.6. The zero-order valence-electron chi connectivity index (χ0n) is 63.1. The third kappa shape index (κ3) is 10.9. The fourth-order valence-corrected chi connectivity index (χ4v) is 15.5. The van der Waals surface area contributed by atoms with Crippen molar-refractivity contribution in [3.05, 3.63) is 338 Å². The SMILES string of the molecule is [2H]c1c([2H])c([2H])c(-c2ccc3c(c2)N(c2c(-c4ccccc4)cc(C(C)(C)C)cc2-c2ccccc2)c2cc(-c4cccc5c4c4ccccc4n5-c4ccccc4)cc4c2B3c2ccc(-c3cc(C(C)(C)C)cc(C(C)(C)C)c3)cc2N4c2cc(-c3ccccc3)cc(-c3ccccc3)c2)c([2H])c1[2H]. The van der Waals surface area contributed by atoms with Gasteiger partial charge in [0, 0.05) is 56.0 Å². The number of aromatic nitrogens is 1. The third-order valence-corrected chi connectivity index (χ3v) is 20.6. The summed E-state index contributed by atoms with van der Waals surface area (Å²) in [6.07, 6.45) is 0. The van der Waals surface area contributed by atoms with Crippen LogP contribution in [0.15, 0.2) is 321 Å². The van der Waals surface area contributed by atoms with Gasteiger partial charge in [-0.1, -0.05) is 305 Å². The van der Waals surface area contributed by atoms with Crippen LogP contribution in [0.3, 0.4) is 0 Å². The van der Waals surface area contributed by atoms with Crippen molar-refractivity contribution < 1.29 is 6.85 Å². The zero-order valence-corrected chi connectivity index (χ0v) is 58.1. The number of rotatable bonds is 10. The first-order valence-electron chi connectivity index (χ1n) is 37.5. The lowest BCUT2D eigenvalue weighted by molar-refractivity contribution is 0.569. The van der Waals surface area contributed by atoms with Crippen LogP contribution >= 0.6 is 0 Å². The summed E-state index contributed by atoms with van der Waals surface area (Å²) in [6, 6.07) is 105. The monoisotopic (exact) mass is 1290 g/mol. The van der Waals surface area contributed by atoms with Crippen molar-refractivity contribution in [3.63, 3.8) is 0 Å². The fraction of sp³-hybridized carbons (Fsp3) is 0.125. The summed E-state index contributed by atoms with van der Waals surface area (Å²) in [7, 11) is 0. The van der Waals surface area contributed by atoms with E-state index in [1.807, 2.05) is 6.07 Å². The van der Waals surface area contributed by atoms with Crippen LogP contribution in [0.4, 0.5) is 34.1 Å². The molecule has 17 rings (SSSR count). The van der Waals surface area contributed by atoms with Gasteiger partial charge in [-0.2, -0.15) is 0 Å². The molecule has 15 aromatic rings. The summed E-state index contributed by atoms with van der Waals surface area (Å²) < 4.78 is 48.9. The molecule has 3 nitrogen and oxygen atoms in total. The topological polar surface area (TPSA) is 11.4 Å². The van der Waals surface area contributed by atoms with Crippen molar-refractivity contribution >= 4 is 79.0 Å². The highest BCUT2D eigenvalue weighted by atomic mass is 15.2. The van der Waals surface area contributed by atoms with Gasteiger partial charge < -0.3 is 14.4 Å². The zero-order chi connectivity index (χ0) is 72.5. The molecule has 0 saturated heterocycles. The molecule has 14 aromatic carbocycles. The van der Waals surface area contributed by atoms with Crippen LogP contribution in [0.25, 0.3) is 105 Å². The highest BCUT2D eigenvalue weighted by Crippen LogP contribution is 2.54. The van der Waals surface area contributed by atoms with E-state index in [4.69, 9.17) is 4.11 Å². The molecule has 0 amide bonds. The first-order chi connectivity index (χ1) is 50.6. The van der Waals surface area contributed by atoms with E-state index in [9.17, 15) is 2.74 Å². The molecule has 0 atom stereocenters. The average Bonchev–Trinajstić information content (AvgIpc) is 0.789. The van der Waals surface area contributed by atoms with E-state index < -0.39 is 12.8 Å². The molecular weight excluding hydrogens is 1210 g/mol. The molecule has 0 bridgehead atoms. The molecule has 482 valence electrons. The predicted octanol–water partition coefficient (Wildman–Crippen LogP) is 24.4. The smallest absolute Gasteiger partial charge is 0.252 e. The Hall–Kier alpha value is -11.5. The number of para-hydroxylation sites is 2. The summed E-state index contributed by atoms with van der Waals surface area (Å²) in [6.45, 7) is 20.3. The Kier molecular flexibility index (Phi) is 13.7. The van der Waals surface area contributed by atoms with Gasteiger partial charge in [-0.25, -0.2) is 0 Å². The first kappa shape index (κ1) is 56.6. The van der Waals surface area contributed by atoms with Crippen molar-refractivity contribution in [1.29, 1.82) is 0 Å². The Morgan fingerprint density at radius 1 is 0.290 bits per heavy atom. The molecule has 1 aromatic heterocycles. The molecule has 0 unspecified atom stereocenters. The molecule has 2 aliphatic rings. The van der Waals surface area contributed by atoms with E-state index in [2.05, 4.69) is 362 Å². The van der Waals surface area contributed by atoms with Gasteiger partial charge in [0.25, 0.3) is 6.71 Å². The molecule has 0 fully saturated rings. The maximum absolute atomic E-state index is 9.67. The van der Waals surface area contributed by atoms with E-state index in [0.29, 0.717) is 5.56 Å². The van der Waals surface area contributed by atoms with E-state index in [1.165, 1.54) is 11.1 Å². The summed E-state index contributed by atoms with van der Waals surface area (Å²) in [5, 5.41) is 2.24. The molecule has 100 heavy (non-hydrogen) atoms. The second-order valence-electron chi connectivity index (χ2n) is 30.2. The molecule has 3 heterocycles. The standard InChI is InChI=1S/C96H80BN3/c1-94(2,3)74-52-72(53-75(60-74)95(4,5)6)69-48-50-83-87(57-69)99(78-54-70(64-33-18-11-19-34-64)51-71(55-78)65-35-20-12-21-36-65)89-58-73(79-44-30-46-86-91(79)80-43-28-29-45-85(80)98(86)77-41-26-15-27-42-77)59-90-92(89)97(83)84-49-47-68(63-31-16-10-17-32-63)56-88(84)100(90)93-81(66-37-22-13-23-38-66)61-76(96(7,8)9)62-82(93)67-39-24-14-25-40-67/h10-62H,1-9H3/i10D,16D,17D,31D,32D. The summed E-state index contributed by atoms with van der Waals surface area (Å²) in [4.78, 5) is 5.07. The van der Waals surface area contributed by atoms with E-state index in [-0.39, 0.29) is 46.0 Å². The molecule has 0 aliphatic carbocycles. The minimum Gasteiger partial charge on any atom is -0.311 e. The summed E-state index contributed by atoms with van der Waals surface area (Å²) >= 11 is 0. The average molecular weight is 1290 g/mol. The van der Waals surface area contributed by atoms with Gasteiger partial charge in [-0.15, -0.1) is 0 Å². The molecule has 0 radical (unpaired) electrons. The quantitative estimate of drug-likeness (QED) is 0.126. The molecule has 0 N–H and O–H groups in total. The fourth-order valence-electron chi connectivity index (χ4n) is 15.5. The maximum atomic E-state index is 9.67. The van der Waals surface area contributed by atoms with Crippen LogP contribution < -0.4 is 26.2 Å². The van der Waals surface area contributed by atoms with Crippen LogP contribution in [0.2, 0.25) is 0 Å². The predicted molar refractivity (Wildman–Crippen MR) is 429 cm³/mol. The van der Waals surface area contributed by atoms with Crippen molar-refractivity contribution in [3.8, 4) is 83.6 Å². The summed E-state index contributed by atoms with van der Waals surface area (Å²) in [5.74, 6) is 0. The van der Waals surface area contributed by atoms with Crippen molar-refractivity contribution in [2.45, 2.75) is 78.6 Å². The Morgan fingerprint density at radius 2 is 0.730 bits per heavy atom. The molecule has 2 aliphatic heterocycles. The number of benzene rings is 14. The molecular formula is C96H80BN3. The van der Waals surface area contributed by atoms with Crippen LogP contribution in [0, 0.1) is 0 Å². The Labute approximate surface area is 597 Å². The number of anilines is 6. The first-order valence-corrected chi connectivity index (χ1v) is 35.0. The van der Waals surface area contributed by atoms with Gasteiger partial charge in [0.1, 0.15) is 0 Å². The second kappa shape index (κ2) is 24.2. The molecule has 0 saturated carbocycles. The van der Waals surface area contributed by atoms with E-state index >= 15 is 0 Å². The van der Waals surface area contributed by atoms with Gasteiger partial charge >= 0.3 is 0 Å². The van der Waals surface area contributed by atoms with Gasteiger partial charge in [-0.3, -0.25) is 0 Å². The van der Waals surface area contributed by atoms with Crippen LogP contribution in [0.5, 0.6) is 0 Å². The number of hydrogen-bond donors (Lipinski definition) is 0. The number of fused-ring (bicyclic) bond motifs is 7. The van der Waals surface area contributed by atoms with Gasteiger partial charge in [0.15, 0.2) is 0 Å². The van der Waals surface area contributed by atoms with Gasteiger partial charge in [-0.05, 0) is 195 Å². The maximum Gasteiger partial charge on any atom is 0.252 e. The van der Waals surface area contributed by atoms with Gasteiger partial charge in [0.2, 0.25) is 0 Å². The van der Waals surface area contributed by atoms with Crippen molar-refractivity contribution in [2.75, 3.05) is 9.80 Å². The Bertz CT molecular complexity index is 5790. The minimum absolute atomic E-state index is 0.139. The third-order valence-electron chi connectivity index (χ3n) is 20.6. The number of hydrogen-bond acceptors (Lipinski definition) is 2. The highest BCUT2D eigenvalue weighted by molar-refractivity contribution is 7.00. The van der Waals surface area contributed by atoms with Crippen molar-refractivity contribution in [2.24, 2.45) is 0 Å². The normalized spacial score (nSPS) is 13.5. The lowest BCUT2D eigenvalue weighted by Gasteiger charge is -2.45. The van der Waals surface area contributed by atoms with E-state index in [0.717, 1.165) is 150 Å². The Morgan fingerprint density at radius 3 is 1.27 bits per heavy atom.